The molecule has 1 amide bonds. The number of carbonyl (C=O) groups is 1. The minimum atomic E-state index is 0.163. The first kappa shape index (κ1) is 17.0. The van der Waals surface area contributed by atoms with Gasteiger partial charge in [-0.15, -0.1) is 0 Å². The van der Waals surface area contributed by atoms with Gasteiger partial charge in [-0.25, -0.2) is 9.67 Å². The zero-order valence-electron chi connectivity index (χ0n) is 15.6. The molecule has 0 bridgehead atoms. The van der Waals surface area contributed by atoms with E-state index in [0.717, 1.165) is 74.9 Å². The minimum absolute atomic E-state index is 0.163. The Kier molecular flexibility index (Phi) is 4.61. The number of rotatable bonds is 3. The molecule has 0 unspecified atom stereocenters. The molecular weight excluding hydrogens is 328 g/mol. The van der Waals surface area contributed by atoms with Gasteiger partial charge in [-0.3, -0.25) is 9.78 Å². The summed E-state index contributed by atoms with van der Waals surface area (Å²) in [5.41, 5.74) is 2.01. The summed E-state index contributed by atoms with van der Waals surface area (Å²) in [4.78, 5) is 26.0. The largest absolute Gasteiger partial charge is 0.355 e. The van der Waals surface area contributed by atoms with E-state index >= 15 is 0 Å². The fourth-order valence-electron chi connectivity index (χ4n) is 4.01. The van der Waals surface area contributed by atoms with E-state index in [-0.39, 0.29) is 5.92 Å². The van der Waals surface area contributed by atoms with Gasteiger partial charge in [0, 0.05) is 37.8 Å². The molecule has 7 nitrogen and oxygen atoms in total. The summed E-state index contributed by atoms with van der Waals surface area (Å²) in [5.74, 6) is 2.12. The first-order valence-electron chi connectivity index (χ1n) is 9.51. The Morgan fingerprint density at radius 2 is 1.73 bits per heavy atom. The molecule has 2 aromatic rings. The number of piperidine rings is 1. The maximum atomic E-state index is 12.6. The van der Waals surface area contributed by atoms with E-state index in [9.17, 15) is 4.79 Å². The molecule has 7 heteroatoms. The zero-order valence-corrected chi connectivity index (χ0v) is 15.6. The minimum Gasteiger partial charge on any atom is -0.355 e. The molecule has 2 fully saturated rings. The van der Waals surface area contributed by atoms with Crippen molar-refractivity contribution in [2.24, 2.45) is 5.92 Å². The second kappa shape index (κ2) is 7.05. The van der Waals surface area contributed by atoms with E-state index in [0.29, 0.717) is 5.91 Å². The van der Waals surface area contributed by atoms with E-state index in [1.54, 1.807) is 12.4 Å². The summed E-state index contributed by atoms with van der Waals surface area (Å²) in [7, 11) is 0. The molecule has 4 rings (SSSR count). The third-order valence-corrected chi connectivity index (χ3v) is 5.42. The van der Waals surface area contributed by atoms with Crippen LogP contribution in [0.3, 0.4) is 0 Å². The van der Waals surface area contributed by atoms with Crippen molar-refractivity contribution in [2.75, 3.05) is 31.1 Å². The summed E-state index contributed by atoms with van der Waals surface area (Å²) in [6, 6.07) is 2.03. The van der Waals surface area contributed by atoms with Crippen molar-refractivity contribution in [3.05, 3.63) is 29.8 Å². The van der Waals surface area contributed by atoms with Gasteiger partial charge in [0.1, 0.15) is 5.82 Å². The number of nitrogens with zero attached hydrogens (tertiary/aromatic N) is 6. The maximum absolute atomic E-state index is 12.6. The molecule has 0 saturated carbocycles. The first-order chi connectivity index (χ1) is 12.6. The fraction of sp³-hybridized carbons (Fsp3) is 0.579. The lowest BCUT2D eigenvalue weighted by Gasteiger charge is -2.33. The van der Waals surface area contributed by atoms with Crippen LogP contribution < -0.4 is 4.90 Å². The predicted molar refractivity (Wildman–Crippen MR) is 99.4 cm³/mol. The van der Waals surface area contributed by atoms with Crippen molar-refractivity contribution in [3.8, 4) is 5.82 Å². The number of amides is 1. The van der Waals surface area contributed by atoms with E-state index in [1.165, 1.54) is 0 Å². The van der Waals surface area contributed by atoms with Gasteiger partial charge in [-0.1, -0.05) is 0 Å². The number of aryl methyl sites for hydroxylation is 2. The highest BCUT2D eigenvalue weighted by atomic mass is 16.2. The van der Waals surface area contributed by atoms with Crippen LogP contribution >= 0.6 is 0 Å². The van der Waals surface area contributed by atoms with Crippen molar-refractivity contribution < 1.29 is 4.79 Å². The third kappa shape index (κ3) is 3.30. The summed E-state index contributed by atoms with van der Waals surface area (Å²) in [6.07, 6.45) is 7.63. The lowest BCUT2D eigenvalue weighted by Crippen LogP contribution is -2.42. The van der Waals surface area contributed by atoms with E-state index < -0.39 is 0 Å². The lowest BCUT2D eigenvalue weighted by atomic mass is 9.95. The van der Waals surface area contributed by atoms with Crippen LogP contribution in [0.4, 0.5) is 5.82 Å². The first-order valence-corrected chi connectivity index (χ1v) is 9.51. The molecule has 26 heavy (non-hydrogen) atoms. The SMILES string of the molecule is Cc1cc(C)n(-c2cncc(N3CCC(C(=O)N4CCCC4)CC3)n2)n1. The molecule has 4 heterocycles. The molecule has 2 aromatic heterocycles. The van der Waals surface area contributed by atoms with E-state index in [4.69, 9.17) is 4.98 Å². The quantitative estimate of drug-likeness (QED) is 0.845. The molecule has 0 aliphatic carbocycles. The molecule has 2 saturated heterocycles. The predicted octanol–water partition coefficient (Wildman–Crippen LogP) is 2.12. The van der Waals surface area contributed by atoms with Crippen molar-refractivity contribution in [3.63, 3.8) is 0 Å². The Hall–Kier alpha value is -2.44. The molecule has 0 atom stereocenters. The van der Waals surface area contributed by atoms with Crippen molar-refractivity contribution in [2.45, 2.75) is 39.5 Å². The van der Waals surface area contributed by atoms with Gasteiger partial charge < -0.3 is 9.80 Å². The second-order valence-electron chi connectivity index (χ2n) is 7.37. The summed E-state index contributed by atoms with van der Waals surface area (Å²) in [5, 5.41) is 4.49. The van der Waals surface area contributed by atoms with Crippen molar-refractivity contribution in [1.29, 1.82) is 0 Å². The summed E-state index contributed by atoms with van der Waals surface area (Å²) < 4.78 is 1.83. The number of hydrogen-bond donors (Lipinski definition) is 0. The Morgan fingerprint density at radius 1 is 1.04 bits per heavy atom. The van der Waals surface area contributed by atoms with E-state index in [1.807, 2.05) is 29.5 Å². The monoisotopic (exact) mass is 354 g/mol. The average molecular weight is 354 g/mol. The smallest absolute Gasteiger partial charge is 0.225 e. The lowest BCUT2D eigenvalue weighted by molar-refractivity contribution is -0.135. The number of anilines is 1. The third-order valence-electron chi connectivity index (χ3n) is 5.42. The molecule has 138 valence electrons. The van der Waals surface area contributed by atoms with Gasteiger partial charge in [0.05, 0.1) is 18.1 Å². The Morgan fingerprint density at radius 3 is 2.38 bits per heavy atom. The average Bonchev–Trinajstić information content (AvgIpc) is 3.31. The Bertz CT molecular complexity index is 787. The van der Waals surface area contributed by atoms with Gasteiger partial charge in [0.2, 0.25) is 5.91 Å². The highest BCUT2D eigenvalue weighted by Crippen LogP contribution is 2.25. The van der Waals surface area contributed by atoms with Gasteiger partial charge in [0.15, 0.2) is 5.82 Å². The van der Waals surface area contributed by atoms with Gasteiger partial charge in [-0.05, 0) is 45.6 Å². The molecule has 0 spiro atoms. The fourth-order valence-corrected chi connectivity index (χ4v) is 4.01. The van der Waals surface area contributed by atoms with Crippen LogP contribution in [-0.2, 0) is 4.79 Å². The van der Waals surface area contributed by atoms with Crippen LogP contribution in [0.15, 0.2) is 18.5 Å². The molecular formula is C19H26N6O. The Labute approximate surface area is 154 Å². The second-order valence-corrected chi connectivity index (χ2v) is 7.37. The van der Waals surface area contributed by atoms with Crippen LogP contribution in [0.25, 0.3) is 5.82 Å². The number of hydrogen-bond acceptors (Lipinski definition) is 5. The number of likely N-dealkylation sites (tertiary alicyclic amines) is 1. The van der Waals surface area contributed by atoms with Crippen LogP contribution in [0.1, 0.15) is 37.1 Å². The molecule has 0 aromatic carbocycles. The molecule has 0 N–H and O–H groups in total. The zero-order chi connectivity index (χ0) is 18.1. The number of carbonyl (C=O) groups excluding carboxylic acids is 1. The molecule has 2 aliphatic rings. The molecule has 2 aliphatic heterocycles. The topological polar surface area (TPSA) is 67.2 Å². The Balaban J connectivity index is 1.44. The summed E-state index contributed by atoms with van der Waals surface area (Å²) in [6.45, 7) is 7.57. The highest BCUT2D eigenvalue weighted by Gasteiger charge is 2.30. The van der Waals surface area contributed by atoms with Crippen molar-refractivity contribution >= 4 is 11.7 Å². The van der Waals surface area contributed by atoms with Crippen molar-refractivity contribution in [1.82, 2.24) is 24.6 Å². The van der Waals surface area contributed by atoms with Crippen LogP contribution in [0.2, 0.25) is 0 Å². The normalized spacial score (nSPS) is 18.5. The van der Waals surface area contributed by atoms with E-state index in [2.05, 4.69) is 15.0 Å². The van der Waals surface area contributed by atoms with Gasteiger partial charge in [0.25, 0.3) is 0 Å². The standard InChI is InChI=1S/C19H26N6O/c1-14-11-15(2)25(22-14)18-13-20-12-17(21-18)23-9-5-16(6-10-23)19(26)24-7-3-4-8-24/h11-13,16H,3-10H2,1-2H3. The highest BCUT2D eigenvalue weighted by molar-refractivity contribution is 5.79. The molecule has 0 radical (unpaired) electrons. The van der Waals surface area contributed by atoms with Crippen LogP contribution in [0.5, 0.6) is 0 Å². The van der Waals surface area contributed by atoms with Gasteiger partial charge in [-0.2, -0.15) is 5.10 Å². The van der Waals surface area contributed by atoms with Crippen LogP contribution in [0, 0.1) is 19.8 Å². The summed E-state index contributed by atoms with van der Waals surface area (Å²) >= 11 is 0. The number of aromatic nitrogens is 4. The maximum Gasteiger partial charge on any atom is 0.225 e. The van der Waals surface area contributed by atoms with Gasteiger partial charge >= 0.3 is 0 Å². The van der Waals surface area contributed by atoms with Crippen LogP contribution in [-0.4, -0.2) is 56.7 Å².